The van der Waals surface area contributed by atoms with Gasteiger partial charge in [0.15, 0.2) is 11.8 Å². The molecule has 194 valence electrons. The molecule has 0 heterocycles. The number of ketones is 1. The zero-order valence-corrected chi connectivity index (χ0v) is 21.0. The van der Waals surface area contributed by atoms with Crippen molar-refractivity contribution < 1.29 is 34.1 Å². The first kappa shape index (κ1) is 25.9. The number of nitrogens with one attached hydrogen (secondary N) is 1. The van der Waals surface area contributed by atoms with Gasteiger partial charge in [-0.05, 0) is 81.1 Å². The predicted molar refractivity (Wildman–Crippen MR) is 127 cm³/mol. The molecule has 8 heteroatoms. The summed E-state index contributed by atoms with van der Waals surface area (Å²) >= 11 is 0. The van der Waals surface area contributed by atoms with Gasteiger partial charge < -0.3 is 20.3 Å². The molecule has 0 aromatic rings. The summed E-state index contributed by atoms with van der Waals surface area (Å²) in [5.41, 5.74) is 1.38. The van der Waals surface area contributed by atoms with Crippen LogP contribution in [0, 0.1) is 28.6 Å². The van der Waals surface area contributed by atoms with Gasteiger partial charge in [-0.25, -0.2) is 4.79 Å². The van der Waals surface area contributed by atoms with Crippen LogP contribution in [0.1, 0.15) is 85.0 Å². The normalized spacial score (nSPS) is 37.7. The molecule has 3 saturated carbocycles. The van der Waals surface area contributed by atoms with Crippen molar-refractivity contribution in [2.75, 3.05) is 0 Å². The average molecular weight is 490 g/mol. The number of esters is 1. The quantitative estimate of drug-likeness (QED) is 0.468. The van der Waals surface area contributed by atoms with Crippen molar-refractivity contribution in [2.45, 2.75) is 103 Å². The lowest BCUT2D eigenvalue weighted by molar-refractivity contribution is -0.160. The van der Waals surface area contributed by atoms with E-state index in [1.807, 2.05) is 6.08 Å². The monoisotopic (exact) mass is 489 g/mol. The highest BCUT2D eigenvalue weighted by Crippen LogP contribution is 2.65. The number of ether oxygens (including phenoxy) is 1. The van der Waals surface area contributed by atoms with Crippen molar-refractivity contribution >= 4 is 23.6 Å². The second-order valence-electron chi connectivity index (χ2n) is 11.7. The van der Waals surface area contributed by atoms with Gasteiger partial charge in [-0.3, -0.25) is 14.4 Å². The minimum atomic E-state index is -1.40. The number of carbonyl (C=O) groups excluding carboxylic acids is 3. The van der Waals surface area contributed by atoms with Crippen molar-refractivity contribution in [3.63, 3.8) is 0 Å². The van der Waals surface area contributed by atoms with E-state index in [1.165, 1.54) is 12.5 Å². The number of hydrogen-bond acceptors (Lipinski definition) is 6. The molecule has 3 fully saturated rings. The molecule has 0 aliphatic heterocycles. The largest absolute Gasteiger partial charge is 0.480 e. The first-order chi connectivity index (χ1) is 16.5. The standard InChI is InChI=1S/C27H39NO7/c1-15(29)24(25(33)34)28-22(31)8-9-23(32)35-21-7-6-19-18-5-4-16-14-17(30)10-12-26(16,2)20(18)11-13-27(19,21)3/h14-15,18-21,24,29H,4-13H2,1-3H3,(H,28,31)(H,33,34)/t15?,18-,19-,20-,21?,24?,26-,27-/m0/s1. The van der Waals surface area contributed by atoms with Gasteiger partial charge in [-0.15, -0.1) is 0 Å². The molecule has 4 rings (SSSR count). The van der Waals surface area contributed by atoms with Crippen molar-refractivity contribution in [3.8, 4) is 0 Å². The Bertz CT molecular complexity index is 926. The fourth-order valence-corrected chi connectivity index (χ4v) is 7.77. The van der Waals surface area contributed by atoms with E-state index < -0.39 is 30.0 Å². The number of carbonyl (C=O) groups is 4. The van der Waals surface area contributed by atoms with E-state index in [0.29, 0.717) is 24.2 Å². The summed E-state index contributed by atoms with van der Waals surface area (Å²) in [6, 6.07) is -1.40. The van der Waals surface area contributed by atoms with Crippen LogP contribution in [0.15, 0.2) is 11.6 Å². The van der Waals surface area contributed by atoms with Crippen LogP contribution in [-0.2, 0) is 23.9 Å². The minimum Gasteiger partial charge on any atom is -0.480 e. The summed E-state index contributed by atoms with van der Waals surface area (Å²) in [6.07, 6.45) is 7.78. The van der Waals surface area contributed by atoms with Gasteiger partial charge >= 0.3 is 11.9 Å². The van der Waals surface area contributed by atoms with Crippen LogP contribution in [0.2, 0.25) is 0 Å². The van der Waals surface area contributed by atoms with Gasteiger partial charge in [0, 0.05) is 18.3 Å². The van der Waals surface area contributed by atoms with E-state index >= 15 is 0 Å². The van der Waals surface area contributed by atoms with Gasteiger partial charge in [0.2, 0.25) is 5.91 Å². The third kappa shape index (κ3) is 4.78. The lowest BCUT2D eigenvalue weighted by Crippen LogP contribution is -2.51. The molecular formula is C27H39NO7. The Balaban J connectivity index is 1.35. The van der Waals surface area contributed by atoms with Crippen molar-refractivity contribution in [1.82, 2.24) is 5.32 Å². The van der Waals surface area contributed by atoms with E-state index in [1.54, 1.807) is 0 Å². The Labute approximate surface area is 206 Å². The number of aliphatic hydroxyl groups excluding tert-OH is 1. The van der Waals surface area contributed by atoms with E-state index in [2.05, 4.69) is 19.2 Å². The lowest BCUT2D eigenvalue weighted by Gasteiger charge is -2.57. The molecule has 3 unspecified atom stereocenters. The summed E-state index contributed by atoms with van der Waals surface area (Å²) in [4.78, 5) is 47.9. The zero-order valence-electron chi connectivity index (χ0n) is 21.0. The molecule has 0 aromatic heterocycles. The van der Waals surface area contributed by atoms with Crippen LogP contribution in [0.25, 0.3) is 0 Å². The Morgan fingerprint density at radius 1 is 1.09 bits per heavy atom. The molecule has 0 radical (unpaired) electrons. The highest BCUT2D eigenvalue weighted by atomic mass is 16.5. The smallest absolute Gasteiger partial charge is 0.328 e. The maximum atomic E-state index is 12.6. The number of hydrogen-bond donors (Lipinski definition) is 3. The Hall–Kier alpha value is -2.22. The summed E-state index contributed by atoms with van der Waals surface area (Å²) in [5.74, 6) is -0.463. The van der Waals surface area contributed by atoms with Gasteiger partial charge in [-0.2, -0.15) is 0 Å². The fraction of sp³-hybridized carbons (Fsp3) is 0.778. The third-order valence-electron chi connectivity index (χ3n) is 9.77. The summed E-state index contributed by atoms with van der Waals surface area (Å²) in [7, 11) is 0. The molecule has 0 bridgehead atoms. The molecule has 0 aromatic carbocycles. The number of aliphatic hydroxyl groups is 1. The second-order valence-corrected chi connectivity index (χ2v) is 11.7. The maximum absolute atomic E-state index is 12.6. The number of allylic oxidation sites excluding steroid dienone is 1. The first-order valence-electron chi connectivity index (χ1n) is 13.1. The van der Waals surface area contributed by atoms with Gasteiger partial charge in [0.25, 0.3) is 0 Å². The van der Waals surface area contributed by atoms with Gasteiger partial charge in [0.05, 0.1) is 12.5 Å². The first-order valence-corrected chi connectivity index (χ1v) is 13.1. The predicted octanol–water partition coefficient (Wildman–Crippen LogP) is 3.16. The zero-order chi connectivity index (χ0) is 25.5. The van der Waals surface area contributed by atoms with Crippen LogP contribution in [0.5, 0.6) is 0 Å². The van der Waals surface area contributed by atoms with Crippen LogP contribution in [0.4, 0.5) is 0 Å². The Kier molecular flexibility index (Phi) is 7.15. The number of carboxylic acids is 1. The summed E-state index contributed by atoms with van der Waals surface area (Å²) < 4.78 is 5.92. The van der Waals surface area contributed by atoms with Crippen molar-refractivity contribution in [1.29, 1.82) is 0 Å². The molecule has 4 aliphatic carbocycles. The maximum Gasteiger partial charge on any atom is 0.328 e. The molecule has 1 amide bonds. The van der Waals surface area contributed by atoms with E-state index in [0.717, 1.165) is 44.9 Å². The number of rotatable bonds is 7. The second kappa shape index (κ2) is 9.68. The van der Waals surface area contributed by atoms with E-state index in [9.17, 15) is 24.3 Å². The number of aliphatic carboxylic acids is 1. The third-order valence-corrected chi connectivity index (χ3v) is 9.77. The minimum absolute atomic E-state index is 0.0815. The van der Waals surface area contributed by atoms with E-state index in [4.69, 9.17) is 9.84 Å². The van der Waals surface area contributed by atoms with Crippen LogP contribution >= 0.6 is 0 Å². The van der Waals surface area contributed by atoms with Gasteiger partial charge in [-0.1, -0.05) is 19.4 Å². The van der Waals surface area contributed by atoms with Crippen molar-refractivity contribution in [2.24, 2.45) is 28.6 Å². The molecule has 8 atom stereocenters. The summed E-state index contributed by atoms with van der Waals surface area (Å²) in [5, 5.41) is 20.8. The Morgan fingerprint density at radius 3 is 2.51 bits per heavy atom. The van der Waals surface area contributed by atoms with E-state index in [-0.39, 0.29) is 35.6 Å². The summed E-state index contributed by atoms with van der Waals surface area (Å²) in [6.45, 7) is 5.90. The van der Waals surface area contributed by atoms with Gasteiger partial charge in [0.1, 0.15) is 6.10 Å². The lowest BCUT2D eigenvalue weighted by atomic mass is 9.47. The van der Waals surface area contributed by atoms with Crippen LogP contribution < -0.4 is 5.32 Å². The van der Waals surface area contributed by atoms with Crippen molar-refractivity contribution in [3.05, 3.63) is 11.6 Å². The number of carboxylic acid groups (broad SMARTS) is 1. The number of amides is 1. The molecule has 3 N–H and O–H groups in total. The SMILES string of the molecule is CC(O)C(NC(=O)CCC(=O)OC1CC[C@H]2[C@@H]3CCC4=CC(=O)CC[C@]4(C)[C@H]3CC[C@]12C)C(=O)O. The molecule has 35 heavy (non-hydrogen) atoms. The fourth-order valence-electron chi connectivity index (χ4n) is 7.77. The molecular weight excluding hydrogens is 450 g/mol. The van der Waals surface area contributed by atoms with Crippen LogP contribution in [0.3, 0.4) is 0 Å². The average Bonchev–Trinajstić information content (AvgIpc) is 3.12. The topological polar surface area (TPSA) is 130 Å². The Morgan fingerprint density at radius 2 is 1.83 bits per heavy atom. The molecule has 0 saturated heterocycles. The van der Waals surface area contributed by atoms with Crippen LogP contribution in [-0.4, -0.2) is 52.1 Å². The molecule has 4 aliphatic rings. The molecule has 8 nitrogen and oxygen atoms in total. The number of fused-ring (bicyclic) bond motifs is 5. The molecule has 0 spiro atoms. The highest BCUT2D eigenvalue weighted by Gasteiger charge is 2.59. The highest BCUT2D eigenvalue weighted by molar-refractivity contribution is 5.91.